The predicted molar refractivity (Wildman–Crippen MR) is 39.9 cm³/mol. The molecule has 0 aromatic carbocycles. The van der Waals surface area contributed by atoms with E-state index in [0.29, 0.717) is 0 Å². The Morgan fingerprint density at radius 1 is 1.27 bits per heavy atom. The number of aliphatic hydroxyl groups excluding tert-OH is 1. The van der Waals surface area contributed by atoms with E-state index in [9.17, 15) is 4.79 Å². The van der Waals surface area contributed by atoms with E-state index < -0.39 is 18.0 Å². The first-order valence-corrected chi connectivity index (χ1v) is 2.48. The molecular formula is C5H11ClO5. The average molecular weight is 187 g/mol. The van der Waals surface area contributed by atoms with Crippen molar-refractivity contribution in [2.24, 2.45) is 0 Å². The lowest BCUT2D eigenvalue weighted by atomic mass is 10.4. The number of hydrogen-bond donors (Lipinski definition) is 3. The molecule has 0 aliphatic heterocycles. The third-order valence-corrected chi connectivity index (χ3v) is 0.357. The van der Waals surface area contributed by atoms with Gasteiger partial charge in [-0.1, -0.05) is 0 Å². The molecule has 1 unspecified atom stereocenters. The standard InChI is InChI=1S/C3H6O3.C2H4O2.ClH/c1-2(4)3(5)6;1-2(3)4;/h2,4H,1H3,(H,5,6);1H3,(H,3,4);1H. The summed E-state index contributed by atoms with van der Waals surface area (Å²) in [6.45, 7) is 2.28. The van der Waals surface area contributed by atoms with Crippen molar-refractivity contribution in [1.82, 2.24) is 0 Å². The van der Waals surface area contributed by atoms with Gasteiger partial charge in [0.25, 0.3) is 5.97 Å². The lowest BCUT2D eigenvalue weighted by molar-refractivity contribution is -0.145. The minimum atomic E-state index is -1.23. The molecule has 0 fully saturated rings. The van der Waals surface area contributed by atoms with E-state index in [2.05, 4.69) is 0 Å². The Balaban J connectivity index is -0.000000114. The van der Waals surface area contributed by atoms with Gasteiger partial charge in [0.15, 0.2) is 0 Å². The highest BCUT2D eigenvalue weighted by Gasteiger charge is 2.01. The number of hydrogen-bond acceptors (Lipinski definition) is 3. The SMILES string of the molecule is CC(=O)O.CC(O)C(=O)O.Cl. The van der Waals surface area contributed by atoms with Crippen LogP contribution in [0.4, 0.5) is 0 Å². The molecule has 11 heavy (non-hydrogen) atoms. The first-order valence-electron chi connectivity index (χ1n) is 2.48. The van der Waals surface area contributed by atoms with Crippen LogP contribution in [0.2, 0.25) is 0 Å². The van der Waals surface area contributed by atoms with Crippen LogP contribution in [0.25, 0.3) is 0 Å². The highest BCUT2D eigenvalue weighted by atomic mass is 35.5. The quantitative estimate of drug-likeness (QED) is 0.534. The molecule has 6 heteroatoms. The van der Waals surface area contributed by atoms with Crippen LogP contribution in [-0.2, 0) is 9.59 Å². The molecule has 0 rings (SSSR count). The molecular weight excluding hydrogens is 176 g/mol. The van der Waals surface area contributed by atoms with E-state index in [1.165, 1.54) is 6.92 Å². The fourth-order valence-corrected chi connectivity index (χ4v) is 0. The summed E-state index contributed by atoms with van der Waals surface area (Å²) in [7, 11) is 0. The van der Waals surface area contributed by atoms with Crippen molar-refractivity contribution in [2.75, 3.05) is 0 Å². The van der Waals surface area contributed by atoms with Crippen LogP contribution in [0.15, 0.2) is 0 Å². The zero-order valence-corrected chi connectivity index (χ0v) is 6.96. The summed E-state index contributed by atoms with van der Waals surface area (Å²) in [6, 6.07) is 0. The van der Waals surface area contributed by atoms with Gasteiger partial charge in [-0.05, 0) is 6.92 Å². The van der Waals surface area contributed by atoms with Gasteiger partial charge in [-0.2, -0.15) is 0 Å². The summed E-state index contributed by atoms with van der Waals surface area (Å²) in [5, 5.41) is 23.2. The van der Waals surface area contributed by atoms with Crippen LogP contribution in [0.3, 0.4) is 0 Å². The van der Waals surface area contributed by atoms with Gasteiger partial charge in [0, 0.05) is 6.92 Å². The first kappa shape index (κ1) is 16.6. The number of aliphatic hydroxyl groups is 1. The molecule has 68 valence electrons. The van der Waals surface area contributed by atoms with Crippen molar-refractivity contribution in [1.29, 1.82) is 0 Å². The highest BCUT2D eigenvalue weighted by molar-refractivity contribution is 5.85. The van der Waals surface area contributed by atoms with Gasteiger partial charge < -0.3 is 15.3 Å². The number of carbonyl (C=O) groups is 2. The Labute approximate surface area is 70.1 Å². The van der Waals surface area contributed by atoms with E-state index in [4.69, 9.17) is 20.1 Å². The predicted octanol–water partition coefficient (Wildman–Crippen LogP) is -0.0355. The van der Waals surface area contributed by atoms with E-state index in [1.54, 1.807) is 0 Å². The van der Waals surface area contributed by atoms with Crippen molar-refractivity contribution >= 4 is 24.3 Å². The largest absolute Gasteiger partial charge is 0.481 e. The topological polar surface area (TPSA) is 94.8 Å². The van der Waals surface area contributed by atoms with E-state index in [1.807, 2.05) is 0 Å². The fourth-order valence-electron chi connectivity index (χ4n) is 0. The van der Waals surface area contributed by atoms with Gasteiger partial charge in [-0.15, -0.1) is 12.4 Å². The molecule has 0 aromatic heterocycles. The minimum Gasteiger partial charge on any atom is -0.481 e. The summed E-state index contributed by atoms with van der Waals surface area (Å²) in [5.74, 6) is -2.02. The van der Waals surface area contributed by atoms with Gasteiger partial charge in [-0.3, -0.25) is 4.79 Å². The van der Waals surface area contributed by atoms with Crippen LogP contribution in [0, 0.1) is 0 Å². The summed E-state index contributed by atoms with van der Waals surface area (Å²) >= 11 is 0. The van der Waals surface area contributed by atoms with Gasteiger partial charge in [0.2, 0.25) is 0 Å². The molecule has 1 atom stereocenters. The van der Waals surface area contributed by atoms with Crippen molar-refractivity contribution in [3.8, 4) is 0 Å². The molecule has 3 N–H and O–H groups in total. The van der Waals surface area contributed by atoms with Gasteiger partial charge in [-0.25, -0.2) is 4.79 Å². The van der Waals surface area contributed by atoms with Crippen LogP contribution in [-0.4, -0.2) is 33.4 Å². The molecule has 0 amide bonds. The maximum Gasteiger partial charge on any atom is 0.332 e. The lowest BCUT2D eigenvalue weighted by Gasteiger charge is -1.89. The summed E-state index contributed by atoms with van der Waals surface area (Å²) < 4.78 is 0. The van der Waals surface area contributed by atoms with Gasteiger partial charge >= 0.3 is 5.97 Å². The zero-order valence-electron chi connectivity index (χ0n) is 6.14. The zero-order chi connectivity index (χ0) is 8.73. The molecule has 0 radical (unpaired) electrons. The fraction of sp³-hybridized carbons (Fsp3) is 0.600. The molecule has 0 saturated heterocycles. The average Bonchev–Trinajstić information content (AvgIpc) is 1.63. The first-order chi connectivity index (χ1) is 4.37. The van der Waals surface area contributed by atoms with Crippen molar-refractivity contribution in [2.45, 2.75) is 20.0 Å². The monoisotopic (exact) mass is 186 g/mol. The number of rotatable bonds is 1. The second-order valence-corrected chi connectivity index (χ2v) is 1.53. The normalized spacial score (nSPS) is 9.73. The van der Waals surface area contributed by atoms with E-state index in [0.717, 1.165) is 6.92 Å². The molecule has 0 heterocycles. The van der Waals surface area contributed by atoms with Crippen molar-refractivity contribution < 1.29 is 24.9 Å². The molecule has 0 spiro atoms. The Morgan fingerprint density at radius 2 is 1.36 bits per heavy atom. The highest BCUT2D eigenvalue weighted by Crippen LogP contribution is 1.73. The van der Waals surface area contributed by atoms with E-state index in [-0.39, 0.29) is 12.4 Å². The van der Waals surface area contributed by atoms with Crippen LogP contribution in [0.1, 0.15) is 13.8 Å². The summed E-state index contributed by atoms with van der Waals surface area (Å²) in [6.07, 6.45) is -1.23. The van der Waals surface area contributed by atoms with Gasteiger partial charge in [0.05, 0.1) is 0 Å². The second kappa shape index (κ2) is 9.19. The Morgan fingerprint density at radius 3 is 1.36 bits per heavy atom. The van der Waals surface area contributed by atoms with Crippen LogP contribution < -0.4 is 0 Å². The molecule has 0 bridgehead atoms. The summed E-state index contributed by atoms with van der Waals surface area (Å²) in [4.78, 5) is 18.4. The lowest BCUT2D eigenvalue weighted by Crippen LogP contribution is -2.13. The number of aliphatic carboxylic acids is 2. The third-order valence-electron chi connectivity index (χ3n) is 0.357. The molecule has 5 nitrogen and oxygen atoms in total. The Hall–Kier alpha value is -0.810. The molecule has 0 aromatic rings. The third kappa shape index (κ3) is 46.7. The van der Waals surface area contributed by atoms with Crippen molar-refractivity contribution in [3.05, 3.63) is 0 Å². The number of carboxylic acids is 2. The smallest absolute Gasteiger partial charge is 0.332 e. The van der Waals surface area contributed by atoms with Crippen LogP contribution >= 0.6 is 12.4 Å². The van der Waals surface area contributed by atoms with Crippen LogP contribution in [0.5, 0.6) is 0 Å². The minimum absolute atomic E-state index is 0. The maximum atomic E-state index is 9.45. The second-order valence-electron chi connectivity index (χ2n) is 1.53. The Bertz CT molecular complexity index is 118. The number of carboxylic acid groups (broad SMARTS) is 2. The summed E-state index contributed by atoms with van der Waals surface area (Å²) in [5.41, 5.74) is 0. The molecule has 0 aliphatic carbocycles. The number of halogens is 1. The Kier molecular flexibility index (Phi) is 13.9. The maximum absolute atomic E-state index is 9.45. The van der Waals surface area contributed by atoms with Gasteiger partial charge in [0.1, 0.15) is 6.10 Å². The van der Waals surface area contributed by atoms with Crippen molar-refractivity contribution in [3.63, 3.8) is 0 Å². The molecule has 0 saturated carbocycles. The molecule has 0 aliphatic rings. The van der Waals surface area contributed by atoms with E-state index >= 15 is 0 Å².